The summed E-state index contributed by atoms with van der Waals surface area (Å²) in [6, 6.07) is 4.43. The van der Waals surface area contributed by atoms with Crippen LogP contribution in [0.4, 0.5) is 10.2 Å². The number of fused-ring (bicyclic) bond motifs is 2. The van der Waals surface area contributed by atoms with E-state index >= 15 is 0 Å². The second kappa shape index (κ2) is 4.67. The third-order valence-electron chi connectivity index (χ3n) is 4.31. The van der Waals surface area contributed by atoms with Gasteiger partial charge < -0.3 is 5.32 Å². The molecular weight excluding hydrogens is 231 g/mol. The van der Waals surface area contributed by atoms with Crippen LogP contribution in [-0.4, -0.2) is 10.9 Å². The Kier molecular flexibility index (Phi) is 3.02. The van der Waals surface area contributed by atoms with Crippen molar-refractivity contribution in [2.45, 2.75) is 32.1 Å². The van der Waals surface area contributed by atoms with Crippen molar-refractivity contribution >= 4 is 11.7 Å². The van der Waals surface area contributed by atoms with Crippen LogP contribution in [0.3, 0.4) is 0 Å². The predicted octanol–water partition coefficient (Wildman–Crippen LogP) is 2.99. The third kappa shape index (κ3) is 2.37. The molecule has 1 N–H and O–H groups in total. The summed E-state index contributed by atoms with van der Waals surface area (Å²) in [6.07, 6.45) is 5.67. The molecule has 1 heterocycles. The second-order valence-corrected chi connectivity index (χ2v) is 5.53. The fraction of sp³-hybridized carbons (Fsp3) is 0.571. The van der Waals surface area contributed by atoms with Crippen molar-refractivity contribution in [2.75, 3.05) is 5.32 Å². The van der Waals surface area contributed by atoms with Gasteiger partial charge in [0.2, 0.25) is 11.9 Å². The van der Waals surface area contributed by atoms with Gasteiger partial charge in [0.15, 0.2) is 0 Å². The highest BCUT2D eigenvalue weighted by molar-refractivity contribution is 5.89. The van der Waals surface area contributed by atoms with Gasteiger partial charge in [0, 0.05) is 6.42 Å². The molecule has 1 amide bonds. The van der Waals surface area contributed by atoms with Crippen LogP contribution in [0.2, 0.25) is 0 Å². The van der Waals surface area contributed by atoms with Gasteiger partial charge in [-0.25, -0.2) is 4.98 Å². The number of carbonyl (C=O) groups is 1. The van der Waals surface area contributed by atoms with Crippen LogP contribution >= 0.6 is 0 Å². The lowest BCUT2D eigenvalue weighted by Gasteiger charge is -2.20. The van der Waals surface area contributed by atoms with E-state index in [9.17, 15) is 9.18 Å². The van der Waals surface area contributed by atoms with Gasteiger partial charge in [0.05, 0.1) is 0 Å². The topological polar surface area (TPSA) is 42.0 Å². The van der Waals surface area contributed by atoms with Gasteiger partial charge in [-0.2, -0.15) is 4.39 Å². The van der Waals surface area contributed by atoms with E-state index in [1.54, 1.807) is 12.1 Å². The molecular formula is C14H17FN2O. The first-order chi connectivity index (χ1) is 8.70. The van der Waals surface area contributed by atoms with Crippen molar-refractivity contribution in [3.63, 3.8) is 0 Å². The molecule has 0 aliphatic heterocycles. The van der Waals surface area contributed by atoms with E-state index in [4.69, 9.17) is 0 Å². The molecule has 3 unspecified atom stereocenters. The zero-order valence-electron chi connectivity index (χ0n) is 10.2. The quantitative estimate of drug-likeness (QED) is 0.835. The maximum absolute atomic E-state index is 12.9. The van der Waals surface area contributed by atoms with Gasteiger partial charge in [-0.3, -0.25) is 4.79 Å². The minimum absolute atomic E-state index is 0.0364. The minimum Gasteiger partial charge on any atom is -0.311 e. The highest BCUT2D eigenvalue weighted by Crippen LogP contribution is 2.49. The summed E-state index contributed by atoms with van der Waals surface area (Å²) >= 11 is 0. The maximum Gasteiger partial charge on any atom is 0.225 e. The van der Waals surface area contributed by atoms with Gasteiger partial charge >= 0.3 is 0 Å². The lowest BCUT2D eigenvalue weighted by atomic mass is 9.86. The molecule has 18 heavy (non-hydrogen) atoms. The summed E-state index contributed by atoms with van der Waals surface area (Å²) in [4.78, 5) is 15.5. The summed E-state index contributed by atoms with van der Waals surface area (Å²) in [5.74, 6) is 1.82. The van der Waals surface area contributed by atoms with Gasteiger partial charge in [0.1, 0.15) is 5.82 Å². The molecule has 0 saturated heterocycles. The van der Waals surface area contributed by atoms with Crippen LogP contribution in [0.15, 0.2) is 18.2 Å². The van der Waals surface area contributed by atoms with E-state index in [1.165, 1.54) is 31.7 Å². The maximum atomic E-state index is 12.9. The number of hydrogen-bond acceptors (Lipinski definition) is 2. The Morgan fingerprint density at radius 3 is 2.94 bits per heavy atom. The van der Waals surface area contributed by atoms with Crippen molar-refractivity contribution in [1.29, 1.82) is 0 Å². The summed E-state index contributed by atoms with van der Waals surface area (Å²) in [7, 11) is 0. The number of aromatic nitrogens is 1. The molecule has 0 aromatic carbocycles. The molecule has 2 saturated carbocycles. The molecule has 2 fully saturated rings. The zero-order valence-corrected chi connectivity index (χ0v) is 10.2. The molecule has 2 aliphatic rings. The number of halogens is 1. The Bertz CT molecular complexity index is 463. The van der Waals surface area contributed by atoms with Crippen molar-refractivity contribution in [2.24, 2.45) is 17.8 Å². The fourth-order valence-electron chi connectivity index (χ4n) is 3.54. The molecule has 2 bridgehead atoms. The predicted molar refractivity (Wildman–Crippen MR) is 66.4 cm³/mol. The normalized spacial score (nSPS) is 29.5. The van der Waals surface area contributed by atoms with E-state index in [1.807, 2.05) is 0 Å². The smallest absolute Gasteiger partial charge is 0.225 e. The van der Waals surface area contributed by atoms with Crippen LogP contribution in [0.1, 0.15) is 32.1 Å². The average molecular weight is 248 g/mol. The number of hydrogen-bond donors (Lipinski definition) is 1. The molecule has 1 aromatic rings. The number of anilines is 1. The number of nitrogens with zero attached hydrogens (tertiary/aromatic N) is 1. The first kappa shape index (κ1) is 11.6. The van der Waals surface area contributed by atoms with Crippen LogP contribution in [0.25, 0.3) is 0 Å². The van der Waals surface area contributed by atoms with E-state index in [0.29, 0.717) is 18.2 Å². The fourth-order valence-corrected chi connectivity index (χ4v) is 3.54. The highest BCUT2D eigenvalue weighted by Gasteiger charge is 2.40. The summed E-state index contributed by atoms with van der Waals surface area (Å²) in [5.41, 5.74) is 0. The number of pyridine rings is 1. The van der Waals surface area contributed by atoms with Crippen molar-refractivity contribution in [3.8, 4) is 0 Å². The Morgan fingerprint density at radius 2 is 2.28 bits per heavy atom. The van der Waals surface area contributed by atoms with Gasteiger partial charge in [-0.1, -0.05) is 12.5 Å². The molecule has 3 nitrogen and oxygen atoms in total. The van der Waals surface area contributed by atoms with Crippen molar-refractivity contribution in [1.82, 2.24) is 4.98 Å². The second-order valence-electron chi connectivity index (χ2n) is 5.53. The molecule has 0 spiro atoms. The van der Waals surface area contributed by atoms with Crippen molar-refractivity contribution in [3.05, 3.63) is 24.1 Å². The summed E-state index contributed by atoms with van der Waals surface area (Å²) in [5, 5.41) is 2.68. The first-order valence-electron chi connectivity index (χ1n) is 6.63. The zero-order chi connectivity index (χ0) is 12.5. The molecule has 0 radical (unpaired) electrons. The Hall–Kier alpha value is -1.45. The molecule has 2 aliphatic carbocycles. The monoisotopic (exact) mass is 248 g/mol. The van der Waals surface area contributed by atoms with Crippen molar-refractivity contribution < 1.29 is 9.18 Å². The van der Waals surface area contributed by atoms with E-state index in [0.717, 1.165) is 11.8 Å². The van der Waals surface area contributed by atoms with E-state index < -0.39 is 5.95 Å². The standard InChI is InChI=1S/C14H17FN2O/c15-12-2-1-3-13(16-12)17-14(18)8-11-7-9-4-5-10(11)6-9/h1-3,9-11H,4-8H2,(H,16,17,18). The molecule has 3 atom stereocenters. The highest BCUT2D eigenvalue weighted by atomic mass is 19.1. The van der Waals surface area contributed by atoms with Crippen LogP contribution in [0.5, 0.6) is 0 Å². The SMILES string of the molecule is O=C(CC1CC2CCC1C2)Nc1cccc(F)n1. The minimum atomic E-state index is -0.562. The van der Waals surface area contributed by atoms with Crippen LogP contribution < -0.4 is 5.32 Å². The number of rotatable bonds is 3. The number of carbonyl (C=O) groups excluding carboxylic acids is 1. The van der Waals surface area contributed by atoms with Gasteiger partial charge in [-0.15, -0.1) is 0 Å². The molecule has 3 rings (SSSR count). The number of amides is 1. The van der Waals surface area contributed by atoms with Crippen LogP contribution in [-0.2, 0) is 4.79 Å². The molecule has 4 heteroatoms. The summed E-state index contributed by atoms with van der Waals surface area (Å²) in [6.45, 7) is 0. The van der Waals surface area contributed by atoms with Gasteiger partial charge in [0.25, 0.3) is 0 Å². The van der Waals surface area contributed by atoms with Crippen LogP contribution in [0, 0.1) is 23.7 Å². The Balaban J connectivity index is 1.56. The lowest BCUT2D eigenvalue weighted by molar-refractivity contribution is -0.117. The average Bonchev–Trinajstić information content (AvgIpc) is 2.90. The summed E-state index contributed by atoms with van der Waals surface area (Å²) < 4.78 is 12.9. The largest absolute Gasteiger partial charge is 0.311 e. The first-order valence-corrected chi connectivity index (χ1v) is 6.63. The molecule has 1 aromatic heterocycles. The van der Waals surface area contributed by atoms with E-state index in [-0.39, 0.29) is 5.91 Å². The Morgan fingerprint density at radius 1 is 1.39 bits per heavy atom. The third-order valence-corrected chi connectivity index (χ3v) is 4.31. The number of nitrogens with one attached hydrogen (secondary N) is 1. The molecule has 96 valence electrons. The lowest BCUT2D eigenvalue weighted by Crippen LogP contribution is -2.20. The van der Waals surface area contributed by atoms with E-state index in [2.05, 4.69) is 10.3 Å². The van der Waals surface area contributed by atoms with Gasteiger partial charge in [-0.05, 0) is 49.1 Å². The Labute approximate surface area is 106 Å².